The number of sulfonamides is 1. The van der Waals surface area contributed by atoms with Gasteiger partial charge in [-0.15, -0.1) is 0 Å². The molecule has 0 spiro atoms. The Morgan fingerprint density at radius 2 is 1.86 bits per heavy atom. The van der Waals surface area contributed by atoms with Crippen molar-refractivity contribution in [2.45, 2.75) is 10.9 Å². The number of hydrogen-bond donors (Lipinski definition) is 0. The van der Waals surface area contributed by atoms with Crippen LogP contribution in [0.25, 0.3) is 10.9 Å². The normalized spacial score (nSPS) is 16.7. The zero-order chi connectivity index (χ0) is 15.2. The van der Waals surface area contributed by atoms with Crippen molar-refractivity contribution in [2.75, 3.05) is 13.1 Å². The van der Waals surface area contributed by atoms with E-state index in [1.807, 2.05) is 24.4 Å². The molecule has 3 heterocycles. The molecule has 0 N–H and O–H groups in total. The topological polar surface area (TPSA) is 68.1 Å². The first-order valence-corrected chi connectivity index (χ1v) is 8.43. The van der Waals surface area contributed by atoms with Crippen LogP contribution < -0.4 is 0 Å². The molecule has 0 saturated carbocycles. The summed E-state index contributed by atoms with van der Waals surface area (Å²) in [5, 5.41) is 4.99. The largest absolute Gasteiger partial charge is 0.267 e. The molecule has 0 bridgehead atoms. The van der Waals surface area contributed by atoms with Crippen molar-refractivity contribution >= 4 is 20.9 Å². The first kappa shape index (κ1) is 13.4. The molecule has 22 heavy (non-hydrogen) atoms. The third-order valence-corrected chi connectivity index (χ3v) is 5.80. The summed E-state index contributed by atoms with van der Waals surface area (Å²) in [5.74, 6) is 0. The Hall–Kier alpha value is -2.25. The second-order valence-electron chi connectivity index (χ2n) is 5.29. The van der Waals surface area contributed by atoms with Crippen molar-refractivity contribution in [3.05, 3.63) is 55.0 Å². The summed E-state index contributed by atoms with van der Waals surface area (Å²) in [4.78, 5) is 4.50. The summed E-state index contributed by atoms with van der Waals surface area (Å²) in [6, 6.07) is 10.8. The fourth-order valence-electron chi connectivity index (χ4n) is 2.70. The fraction of sp³-hybridized carbons (Fsp3) is 0.200. The van der Waals surface area contributed by atoms with Crippen molar-refractivity contribution < 1.29 is 8.42 Å². The zero-order valence-corrected chi connectivity index (χ0v) is 12.5. The number of hydrogen-bond acceptors (Lipinski definition) is 4. The Kier molecular flexibility index (Phi) is 2.98. The van der Waals surface area contributed by atoms with E-state index in [9.17, 15) is 8.42 Å². The van der Waals surface area contributed by atoms with Gasteiger partial charge in [-0.2, -0.15) is 9.40 Å². The Bertz CT molecular complexity index is 910. The lowest BCUT2D eigenvalue weighted by Crippen LogP contribution is -2.50. The molecule has 6 nitrogen and oxygen atoms in total. The van der Waals surface area contributed by atoms with E-state index in [4.69, 9.17) is 0 Å². The molecule has 4 rings (SSSR count). The number of pyridine rings is 1. The van der Waals surface area contributed by atoms with Gasteiger partial charge in [0.15, 0.2) is 0 Å². The molecule has 1 aliphatic rings. The number of para-hydroxylation sites is 1. The molecule has 0 amide bonds. The lowest BCUT2D eigenvalue weighted by molar-refractivity contribution is 0.191. The summed E-state index contributed by atoms with van der Waals surface area (Å²) in [6.07, 6.45) is 5.17. The van der Waals surface area contributed by atoms with Gasteiger partial charge in [0.25, 0.3) is 0 Å². The second kappa shape index (κ2) is 4.89. The summed E-state index contributed by atoms with van der Waals surface area (Å²) in [5.41, 5.74) is 0.521. The van der Waals surface area contributed by atoms with Gasteiger partial charge >= 0.3 is 0 Å². The minimum Gasteiger partial charge on any atom is -0.267 e. The van der Waals surface area contributed by atoms with Crippen molar-refractivity contribution in [1.29, 1.82) is 0 Å². The van der Waals surface area contributed by atoms with Crippen molar-refractivity contribution in [3.63, 3.8) is 0 Å². The Labute approximate surface area is 128 Å². The maximum atomic E-state index is 12.8. The molecule has 1 fully saturated rings. The zero-order valence-electron chi connectivity index (χ0n) is 11.7. The molecule has 1 aliphatic heterocycles. The Morgan fingerprint density at radius 1 is 1.05 bits per heavy atom. The quantitative estimate of drug-likeness (QED) is 0.737. The average Bonchev–Trinajstić information content (AvgIpc) is 2.98. The van der Waals surface area contributed by atoms with E-state index in [0.29, 0.717) is 18.6 Å². The van der Waals surface area contributed by atoms with E-state index in [-0.39, 0.29) is 10.9 Å². The number of aromatic nitrogens is 3. The van der Waals surface area contributed by atoms with Crippen LogP contribution in [0.4, 0.5) is 0 Å². The number of fused-ring (bicyclic) bond motifs is 1. The van der Waals surface area contributed by atoms with Crippen LogP contribution in [-0.4, -0.2) is 40.6 Å². The van der Waals surface area contributed by atoms with Crippen molar-refractivity contribution in [3.8, 4) is 0 Å². The highest BCUT2D eigenvalue weighted by atomic mass is 32.2. The highest BCUT2D eigenvalue weighted by molar-refractivity contribution is 7.89. The number of nitrogens with zero attached hydrogens (tertiary/aromatic N) is 4. The van der Waals surface area contributed by atoms with Crippen molar-refractivity contribution in [2.24, 2.45) is 0 Å². The van der Waals surface area contributed by atoms with Gasteiger partial charge in [0.2, 0.25) is 10.0 Å². The summed E-state index contributed by atoms with van der Waals surface area (Å²) >= 11 is 0. The second-order valence-corrected chi connectivity index (χ2v) is 7.20. The molecule has 7 heteroatoms. The summed E-state index contributed by atoms with van der Waals surface area (Å²) < 4.78 is 28.9. The molecule has 1 aromatic carbocycles. The molecule has 0 radical (unpaired) electrons. The van der Waals surface area contributed by atoms with Crippen LogP contribution in [0.2, 0.25) is 0 Å². The highest BCUT2D eigenvalue weighted by Crippen LogP contribution is 2.30. The predicted octanol–water partition coefficient (Wildman–Crippen LogP) is 1.68. The van der Waals surface area contributed by atoms with Crippen LogP contribution in [0.1, 0.15) is 6.04 Å². The predicted molar refractivity (Wildman–Crippen MR) is 81.8 cm³/mol. The van der Waals surface area contributed by atoms with Gasteiger partial charge in [0.1, 0.15) is 4.90 Å². The third-order valence-electron chi connectivity index (χ3n) is 3.94. The van der Waals surface area contributed by atoms with Gasteiger partial charge < -0.3 is 0 Å². The van der Waals surface area contributed by atoms with Crippen LogP contribution in [0.5, 0.6) is 0 Å². The minimum absolute atomic E-state index is 0.104. The van der Waals surface area contributed by atoms with Gasteiger partial charge in [-0.1, -0.05) is 18.2 Å². The van der Waals surface area contributed by atoms with Gasteiger partial charge in [0, 0.05) is 37.1 Å². The molecule has 112 valence electrons. The molecule has 0 aliphatic carbocycles. The number of benzene rings is 1. The SMILES string of the molecule is O=S(=O)(c1cccc2cccnc12)N1CC(n2cccn2)C1. The van der Waals surface area contributed by atoms with Crippen LogP contribution in [-0.2, 0) is 10.0 Å². The van der Waals surface area contributed by atoms with Crippen LogP contribution in [0.15, 0.2) is 59.9 Å². The van der Waals surface area contributed by atoms with E-state index in [2.05, 4.69) is 10.1 Å². The van der Waals surface area contributed by atoms with Gasteiger partial charge in [0.05, 0.1) is 11.6 Å². The van der Waals surface area contributed by atoms with Gasteiger partial charge in [-0.25, -0.2) is 8.42 Å². The molecule has 3 aromatic rings. The average molecular weight is 314 g/mol. The lowest BCUT2D eigenvalue weighted by Gasteiger charge is -2.38. The highest BCUT2D eigenvalue weighted by Gasteiger charge is 2.38. The van der Waals surface area contributed by atoms with Crippen molar-refractivity contribution in [1.82, 2.24) is 19.1 Å². The standard InChI is InChI=1S/C15H14N4O2S/c20-22(21,18-10-13(11-18)19-9-3-8-17-19)14-6-1-4-12-5-2-7-16-15(12)14/h1-9,13H,10-11H2. The third kappa shape index (κ3) is 2.01. The van der Waals surface area contributed by atoms with E-state index < -0.39 is 10.0 Å². The molecule has 0 atom stereocenters. The molecular formula is C15H14N4O2S. The van der Waals surface area contributed by atoms with E-state index in [0.717, 1.165) is 5.39 Å². The molecular weight excluding hydrogens is 300 g/mol. The molecule has 1 saturated heterocycles. The lowest BCUT2D eigenvalue weighted by atomic mass is 10.2. The van der Waals surface area contributed by atoms with E-state index in [1.165, 1.54) is 4.31 Å². The van der Waals surface area contributed by atoms with Gasteiger partial charge in [-0.3, -0.25) is 9.67 Å². The van der Waals surface area contributed by atoms with E-state index >= 15 is 0 Å². The smallest absolute Gasteiger partial charge is 0.245 e. The summed E-state index contributed by atoms with van der Waals surface area (Å²) in [6.45, 7) is 0.875. The monoisotopic (exact) mass is 314 g/mol. The Morgan fingerprint density at radius 3 is 2.64 bits per heavy atom. The maximum absolute atomic E-state index is 12.8. The first-order chi connectivity index (χ1) is 10.7. The molecule has 2 aromatic heterocycles. The fourth-order valence-corrected chi connectivity index (χ4v) is 4.38. The van der Waals surface area contributed by atoms with Crippen LogP contribution >= 0.6 is 0 Å². The van der Waals surface area contributed by atoms with Crippen LogP contribution in [0, 0.1) is 0 Å². The summed E-state index contributed by atoms with van der Waals surface area (Å²) in [7, 11) is -3.52. The Balaban J connectivity index is 1.67. The molecule has 0 unspecified atom stereocenters. The maximum Gasteiger partial charge on any atom is 0.245 e. The van der Waals surface area contributed by atoms with Crippen LogP contribution in [0.3, 0.4) is 0 Å². The number of rotatable bonds is 3. The van der Waals surface area contributed by atoms with E-state index in [1.54, 1.807) is 35.3 Å². The minimum atomic E-state index is -3.52. The first-order valence-electron chi connectivity index (χ1n) is 6.99. The van der Waals surface area contributed by atoms with Gasteiger partial charge in [-0.05, 0) is 18.2 Å².